The molecule has 0 saturated carbocycles. The molecule has 1 N–H and O–H groups in total. The second-order valence-corrected chi connectivity index (χ2v) is 8.35. The summed E-state index contributed by atoms with van der Waals surface area (Å²) in [5.41, 5.74) is 5.78. The van der Waals surface area contributed by atoms with Crippen molar-refractivity contribution in [3.05, 3.63) is 47.3 Å². The lowest BCUT2D eigenvalue weighted by atomic mass is 9.92. The second-order valence-electron chi connectivity index (χ2n) is 8.35. The Balaban J connectivity index is 1.78. The highest BCUT2D eigenvalue weighted by Crippen LogP contribution is 2.30. The number of rotatable bonds is 3. The molecule has 25 heavy (non-hydrogen) atoms. The maximum Gasteiger partial charge on any atom is 0.224 e. The molecule has 0 bridgehead atoms. The number of fused-ring (bicyclic) bond motifs is 1. The van der Waals surface area contributed by atoms with Crippen LogP contribution >= 0.6 is 0 Å². The standard InChI is InChI=1S/C21H29N3O/c1-15-11-18(24-10-9-23-8-6-7-17(23)14-24)12-16(2)20(15)22-19(25)13-21(3,4)5/h6-8,11-12H,9-10,13-14H2,1-5H3,(H,22,25). The topological polar surface area (TPSA) is 37.3 Å². The summed E-state index contributed by atoms with van der Waals surface area (Å²) < 4.78 is 2.32. The van der Waals surface area contributed by atoms with Crippen molar-refractivity contribution in [1.82, 2.24) is 4.57 Å². The summed E-state index contributed by atoms with van der Waals surface area (Å²) in [6.07, 6.45) is 2.67. The number of aryl methyl sites for hydroxylation is 2. The molecule has 1 aliphatic rings. The minimum absolute atomic E-state index is 0.00541. The van der Waals surface area contributed by atoms with Gasteiger partial charge < -0.3 is 14.8 Å². The normalized spacial score (nSPS) is 14.4. The first-order valence-electron chi connectivity index (χ1n) is 9.03. The van der Waals surface area contributed by atoms with Gasteiger partial charge in [0, 0.05) is 42.8 Å². The third-order valence-corrected chi connectivity index (χ3v) is 4.73. The van der Waals surface area contributed by atoms with Crippen LogP contribution in [-0.2, 0) is 17.9 Å². The number of amides is 1. The predicted octanol–water partition coefficient (Wildman–Crippen LogP) is 4.50. The van der Waals surface area contributed by atoms with E-state index < -0.39 is 0 Å². The number of nitrogens with one attached hydrogen (secondary N) is 1. The molecule has 134 valence electrons. The lowest BCUT2D eigenvalue weighted by molar-refractivity contribution is -0.117. The van der Waals surface area contributed by atoms with Crippen molar-refractivity contribution in [1.29, 1.82) is 0 Å². The van der Waals surface area contributed by atoms with Gasteiger partial charge in [0.15, 0.2) is 0 Å². The van der Waals surface area contributed by atoms with Crippen LogP contribution in [-0.4, -0.2) is 17.0 Å². The van der Waals surface area contributed by atoms with Crippen LogP contribution in [0.1, 0.15) is 44.0 Å². The van der Waals surface area contributed by atoms with Crippen molar-refractivity contribution in [2.45, 2.75) is 54.1 Å². The lowest BCUT2D eigenvalue weighted by Crippen LogP contribution is -2.33. The summed E-state index contributed by atoms with van der Waals surface area (Å²) >= 11 is 0. The molecule has 4 heteroatoms. The molecule has 0 saturated heterocycles. The molecule has 0 aliphatic carbocycles. The number of nitrogens with zero attached hydrogens (tertiary/aromatic N) is 2. The summed E-state index contributed by atoms with van der Waals surface area (Å²) in [5.74, 6) is 0.0854. The van der Waals surface area contributed by atoms with E-state index in [1.165, 1.54) is 11.4 Å². The highest BCUT2D eigenvalue weighted by Gasteiger charge is 2.19. The third-order valence-electron chi connectivity index (χ3n) is 4.73. The van der Waals surface area contributed by atoms with Gasteiger partial charge >= 0.3 is 0 Å². The number of carbonyl (C=O) groups is 1. The van der Waals surface area contributed by atoms with Gasteiger partial charge in [0.05, 0.1) is 6.54 Å². The number of hydrogen-bond acceptors (Lipinski definition) is 2. The van der Waals surface area contributed by atoms with Crippen LogP contribution in [0.3, 0.4) is 0 Å². The Kier molecular flexibility index (Phi) is 4.63. The molecular weight excluding hydrogens is 310 g/mol. The molecule has 0 fully saturated rings. The number of hydrogen-bond donors (Lipinski definition) is 1. The summed E-state index contributed by atoms with van der Waals surface area (Å²) in [7, 11) is 0. The van der Waals surface area contributed by atoms with Gasteiger partial charge in [0.25, 0.3) is 0 Å². The van der Waals surface area contributed by atoms with E-state index in [0.29, 0.717) is 6.42 Å². The van der Waals surface area contributed by atoms with Crippen molar-refractivity contribution in [3.63, 3.8) is 0 Å². The molecule has 0 unspecified atom stereocenters. The van der Waals surface area contributed by atoms with E-state index in [1.807, 2.05) is 0 Å². The molecular formula is C21H29N3O. The predicted molar refractivity (Wildman–Crippen MR) is 104 cm³/mol. The highest BCUT2D eigenvalue weighted by molar-refractivity contribution is 5.93. The molecule has 1 aromatic heterocycles. The van der Waals surface area contributed by atoms with E-state index >= 15 is 0 Å². The average Bonchev–Trinajstić information content (AvgIpc) is 2.96. The Morgan fingerprint density at radius 2 is 1.84 bits per heavy atom. The minimum Gasteiger partial charge on any atom is -0.364 e. The van der Waals surface area contributed by atoms with Crippen LogP contribution < -0.4 is 10.2 Å². The third kappa shape index (κ3) is 4.06. The first kappa shape index (κ1) is 17.6. The quantitative estimate of drug-likeness (QED) is 0.894. The molecule has 0 atom stereocenters. The summed E-state index contributed by atoms with van der Waals surface area (Å²) in [6, 6.07) is 8.69. The smallest absolute Gasteiger partial charge is 0.224 e. The van der Waals surface area contributed by atoms with Crippen LogP contribution in [0, 0.1) is 19.3 Å². The van der Waals surface area contributed by atoms with E-state index in [0.717, 1.165) is 36.4 Å². The van der Waals surface area contributed by atoms with Gasteiger partial charge in [-0.1, -0.05) is 20.8 Å². The average molecular weight is 339 g/mol. The van der Waals surface area contributed by atoms with Crippen molar-refractivity contribution >= 4 is 17.3 Å². The van der Waals surface area contributed by atoms with Crippen molar-refractivity contribution in [2.24, 2.45) is 5.41 Å². The van der Waals surface area contributed by atoms with Crippen LogP contribution in [0.25, 0.3) is 0 Å². The summed E-state index contributed by atoms with van der Waals surface area (Å²) in [6.45, 7) is 13.4. The van der Waals surface area contributed by atoms with Gasteiger partial charge in [-0.2, -0.15) is 0 Å². The van der Waals surface area contributed by atoms with E-state index in [-0.39, 0.29) is 11.3 Å². The molecule has 0 spiro atoms. The van der Waals surface area contributed by atoms with Crippen molar-refractivity contribution in [3.8, 4) is 0 Å². The summed E-state index contributed by atoms with van der Waals surface area (Å²) in [4.78, 5) is 14.7. The first-order valence-corrected chi connectivity index (χ1v) is 9.03. The van der Waals surface area contributed by atoms with Crippen LogP contribution in [0.2, 0.25) is 0 Å². The fourth-order valence-electron chi connectivity index (χ4n) is 3.52. The SMILES string of the molecule is Cc1cc(N2CCn3cccc3C2)cc(C)c1NC(=O)CC(C)(C)C. The molecule has 1 aliphatic heterocycles. The Morgan fingerprint density at radius 3 is 2.48 bits per heavy atom. The van der Waals surface area contributed by atoms with E-state index in [4.69, 9.17) is 0 Å². The fraction of sp³-hybridized carbons (Fsp3) is 0.476. The number of carbonyl (C=O) groups excluding carboxylic acids is 1. The highest BCUT2D eigenvalue weighted by atomic mass is 16.1. The van der Waals surface area contributed by atoms with Crippen molar-refractivity contribution in [2.75, 3.05) is 16.8 Å². The largest absolute Gasteiger partial charge is 0.364 e. The van der Waals surface area contributed by atoms with Gasteiger partial charge in [-0.05, 0) is 54.7 Å². The Morgan fingerprint density at radius 1 is 1.16 bits per heavy atom. The monoisotopic (exact) mass is 339 g/mol. The molecule has 1 amide bonds. The van der Waals surface area contributed by atoms with Gasteiger partial charge in [-0.15, -0.1) is 0 Å². The van der Waals surface area contributed by atoms with Gasteiger partial charge in [-0.3, -0.25) is 4.79 Å². The Labute approximate surface area is 150 Å². The molecule has 4 nitrogen and oxygen atoms in total. The Hall–Kier alpha value is -2.23. The van der Waals surface area contributed by atoms with E-state index in [2.05, 4.69) is 79.9 Å². The van der Waals surface area contributed by atoms with E-state index in [1.54, 1.807) is 0 Å². The molecule has 3 rings (SSSR count). The number of anilines is 2. The van der Waals surface area contributed by atoms with Gasteiger partial charge in [-0.25, -0.2) is 0 Å². The van der Waals surface area contributed by atoms with E-state index in [9.17, 15) is 4.79 Å². The van der Waals surface area contributed by atoms with Crippen LogP contribution in [0.15, 0.2) is 30.5 Å². The van der Waals surface area contributed by atoms with Crippen LogP contribution in [0.5, 0.6) is 0 Å². The lowest BCUT2D eigenvalue weighted by Gasteiger charge is -2.31. The van der Waals surface area contributed by atoms with Gasteiger partial charge in [0.2, 0.25) is 5.91 Å². The molecule has 2 aromatic rings. The zero-order chi connectivity index (χ0) is 18.2. The Bertz CT molecular complexity index is 760. The zero-order valence-corrected chi connectivity index (χ0v) is 16.0. The van der Waals surface area contributed by atoms with Crippen LogP contribution in [0.4, 0.5) is 11.4 Å². The maximum absolute atomic E-state index is 12.3. The van der Waals surface area contributed by atoms with Gasteiger partial charge in [0.1, 0.15) is 0 Å². The second kappa shape index (κ2) is 6.58. The minimum atomic E-state index is -0.00541. The molecule has 1 aromatic carbocycles. The molecule has 0 radical (unpaired) electrons. The zero-order valence-electron chi connectivity index (χ0n) is 16.0. The molecule has 2 heterocycles. The maximum atomic E-state index is 12.3. The fourth-order valence-corrected chi connectivity index (χ4v) is 3.52. The number of benzene rings is 1. The van der Waals surface area contributed by atoms with Crippen molar-refractivity contribution < 1.29 is 4.79 Å². The first-order chi connectivity index (χ1) is 11.7. The number of aromatic nitrogens is 1. The summed E-state index contributed by atoms with van der Waals surface area (Å²) in [5, 5.41) is 3.12.